The van der Waals surface area contributed by atoms with Crippen molar-refractivity contribution in [3.05, 3.63) is 101 Å². The average Bonchev–Trinajstić information content (AvgIpc) is 2.95. The highest BCUT2D eigenvalue weighted by Gasteiger charge is 2.35. The van der Waals surface area contributed by atoms with Crippen LogP contribution in [-0.2, 0) is 22.9 Å². The van der Waals surface area contributed by atoms with Gasteiger partial charge in [0, 0.05) is 35.7 Å². The minimum atomic E-state index is -1.32. The molecule has 1 unspecified atom stereocenters. The Morgan fingerprint density at radius 1 is 0.976 bits per heavy atom. The molecule has 1 aliphatic carbocycles. The quantitative estimate of drug-likeness (QED) is 0.208. The molecule has 0 heterocycles. The Balaban J connectivity index is 1.58. The van der Waals surface area contributed by atoms with Gasteiger partial charge in [0.2, 0.25) is 0 Å². The molecular formula is C33H41F2N3O3S. The van der Waals surface area contributed by atoms with Gasteiger partial charge in [0.1, 0.15) is 22.6 Å². The predicted molar refractivity (Wildman–Crippen MR) is 165 cm³/mol. The smallest absolute Gasteiger partial charge is 0.251 e. The summed E-state index contributed by atoms with van der Waals surface area (Å²) in [4.78, 5) is 13.3. The SMILES string of the molecule is CC(C)c1cccc(C2(NC[C@@H](O)[C@H](Cc3cc(F)cc(F)c3)NC(=O)c3cccc(NS(C)=O)c3)CCCCC2)c1. The van der Waals surface area contributed by atoms with E-state index in [2.05, 4.69) is 53.5 Å². The number of carbonyl (C=O) groups excluding carboxylic acids is 1. The number of carbonyl (C=O) groups is 1. The first kappa shape index (κ1) is 31.8. The van der Waals surface area contributed by atoms with E-state index in [0.29, 0.717) is 22.7 Å². The van der Waals surface area contributed by atoms with Gasteiger partial charge in [0.15, 0.2) is 0 Å². The maximum absolute atomic E-state index is 14.0. The number of halogens is 2. The number of aliphatic hydroxyl groups is 1. The summed E-state index contributed by atoms with van der Waals surface area (Å²) in [6, 6.07) is 17.5. The van der Waals surface area contributed by atoms with Crippen molar-refractivity contribution in [3.63, 3.8) is 0 Å². The molecule has 6 nitrogen and oxygen atoms in total. The molecule has 1 aliphatic rings. The van der Waals surface area contributed by atoms with Crippen molar-refractivity contribution >= 4 is 22.6 Å². The van der Waals surface area contributed by atoms with Crippen LogP contribution in [0.25, 0.3) is 0 Å². The van der Waals surface area contributed by atoms with E-state index in [-0.39, 0.29) is 18.5 Å². The predicted octanol–water partition coefficient (Wildman–Crippen LogP) is 5.94. The second-order valence-corrected chi connectivity index (χ2v) is 12.7. The Morgan fingerprint density at radius 3 is 2.33 bits per heavy atom. The Labute approximate surface area is 249 Å². The van der Waals surface area contributed by atoms with Gasteiger partial charge in [-0.3, -0.25) is 4.79 Å². The van der Waals surface area contributed by atoms with Gasteiger partial charge in [-0.1, -0.05) is 63.4 Å². The lowest BCUT2D eigenvalue weighted by atomic mass is 9.75. The van der Waals surface area contributed by atoms with Gasteiger partial charge in [-0.25, -0.2) is 13.0 Å². The number of hydrogen-bond donors (Lipinski definition) is 4. The van der Waals surface area contributed by atoms with Crippen molar-refractivity contribution in [1.82, 2.24) is 10.6 Å². The van der Waals surface area contributed by atoms with Gasteiger partial charge < -0.3 is 20.5 Å². The lowest BCUT2D eigenvalue weighted by molar-refractivity contribution is 0.0788. The molecule has 3 aromatic carbocycles. The van der Waals surface area contributed by atoms with E-state index < -0.39 is 40.7 Å². The second kappa shape index (κ2) is 14.4. The summed E-state index contributed by atoms with van der Waals surface area (Å²) < 4.78 is 42.4. The first-order valence-corrected chi connectivity index (χ1v) is 16.1. The molecule has 9 heteroatoms. The van der Waals surface area contributed by atoms with Crippen molar-refractivity contribution in [3.8, 4) is 0 Å². The van der Waals surface area contributed by atoms with Crippen LogP contribution in [0.3, 0.4) is 0 Å². The summed E-state index contributed by atoms with van der Waals surface area (Å²) in [7, 11) is -1.32. The van der Waals surface area contributed by atoms with Crippen LogP contribution in [0.4, 0.5) is 14.5 Å². The van der Waals surface area contributed by atoms with Crippen molar-refractivity contribution in [2.45, 2.75) is 76.0 Å². The molecule has 3 aromatic rings. The Hall–Kier alpha value is -3.14. The molecule has 0 spiro atoms. The van der Waals surface area contributed by atoms with Crippen LogP contribution in [0.2, 0.25) is 0 Å². The zero-order chi connectivity index (χ0) is 30.3. The summed E-state index contributed by atoms with van der Waals surface area (Å²) in [6.45, 7) is 4.50. The molecule has 0 radical (unpaired) electrons. The van der Waals surface area contributed by atoms with Crippen LogP contribution in [0.1, 0.15) is 78.9 Å². The highest BCUT2D eigenvalue weighted by molar-refractivity contribution is 7.85. The van der Waals surface area contributed by atoms with Gasteiger partial charge in [-0.05, 0) is 72.2 Å². The summed E-state index contributed by atoms with van der Waals surface area (Å²) in [5.41, 5.74) is 3.25. The maximum atomic E-state index is 14.0. The van der Waals surface area contributed by atoms with Crippen LogP contribution in [0.15, 0.2) is 66.7 Å². The number of aliphatic hydroxyl groups excluding tert-OH is 1. The molecule has 1 fully saturated rings. The van der Waals surface area contributed by atoms with Crippen LogP contribution in [0, 0.1) is 11.6 Å². The van der Waals surface area contributed by atoms with E-state index in [1.165, 1.54) is 29.5 Å². The van der Waals surface area contributed by atoms with E-state index in [1.807, 2.05) is 0 Å². The van der Waals surface area contributed by atoms with E-state index in [0.717, 1.165) is 38.2 Å². The van der Waals surface area contributed by atoms with E-state index in [4.69, 9.17) is 0 Å². The third-order valence-electron chi connectivity index (χ3n) is 8.01. The number of hydrogen-bond acceptors (Lipinski definition) is 4. The van der Waals surface area contributed by atoms with Crippen molar-refractivity contribution in [2.24, 2.45) is 0 Å². The first-order valence-electron chi connectivity index (χ1n) is 14.5. The Morgan fingerprint density at radius 2 is 1.67 bits per heavy atom. The highest BCUT2D eigenvalue weighted by Crippen LogP contribution is 2.38. The maximum Gasteiger partial charge on any atom is 0.251 e. The number of nitrogens with one attached hydrogen (secondary N) is 3. The molecule has 4 rings (SSSR count). The monoisotopic (exact) mass is 597 g/mol. The lowest BCUT2D eigenvalue weighted by Gasteiger charge is -2.40. The molecule has 3 atom stereocenters. The van der Waals surface area contributed by atoms with Crippen molar-refractivity contribution < 1.29 is 22.9 Å². The normalized spacial score (nSPS) is 16.9. The minimum Gasteiger partial charge on any atom is -0.390 e. The Bertz CT molecular complexity index is 1370. The van der Waals surface area contributed by atoms with Crippen LogP contribution < -0.4 is 15.4 Å². The van der Waals surface area contributed by atoms with E-state index in [9.17, 15) is 22.9 Å². The van der Waals surface area contributed by atoms with Gasteiger partial charge in [-0.2, -0.15) is 0 Å². The number of rotatable bonds is 12. The minimum absolute atomic E-state index is 0.0238. The number of anilines is 1. The average molecular weight is 598 g/mol. The fourth-order valence-corrected chi connectivity index (χ4v) is 6.23. The molecule has 0 bridgehead atoms. The largest absolute Gasteiger partial charge is 0.390 e. The standard InChI is InChI=1S/C33H41F2N3O3S/c1-22(2)24-9-7-11-26(18-24)33(13-5-4-6-14-33)36-21-31(39)30(17-23-15-27(34)20-28(35)16-23)37-32(40)25-10-8-12-29(19-25)38-42(3)41/h7-12,15-16,18-20,22,30-31,36,38-39H,4-6,13-14,17,21H2,1-3H3,(H,37,40)/t30-,31+,42?/m0/s1. The fraction of sp³-hybridized carbons (Fsp3) is 0.424. The van der Waals surface area contributed by atoms with Gasteiger partial charge in [0.25, 0.3) is 5.91 Å². The molecule has 4 N–H and O–H groups in total. The first-order chi connectivity index (χ1) is 20.0. The number of benzene rings is 3. The van der Waals surface area contributed by atoms with Gasteiger partial charge in [-0.15, -0.1) is 0 Å². The van der Waals surface area contributed by atoms with Crippen LogP contribution >= 0.6 is 0 Å². The molecule has 1 amide bonds. The summed E-state index contributed by atoms with van der Waals surface area (Å²) in [6.07, 6.45) is 5.57. The third kappa shape index (κ3) is 8.46. The summed E-state index contributed by atoms with van der Waals surface area (Å²) in [5.74, 6) is -1.52. The molecule has 0 saturated heterocycles. The lowest BCUT2D eigenvalue weighted by Crippen LogP contribution is -2.53. The van der Waals surface area contributed by atoms with Crippen molar-refractivity contribution in [1.29, 1.82) is 0 Å². The molecule has 1 saturated carbocycles. The van der Waals surface area contributed by atoms with E-state index in [1.54, 1.807) is 24.3 Å². The number of amides is 1. The summed E-state index contributed by atoms with van der Waals surface area (Å²) >= 11 is 0. The molecule has 0 aromatic heterocycles. The van der Waals surface area contributed by atoms with E-state index >= 15 is 0 Å². The molecule has 42 heavy (non-hydrogen) atoms. The fourth-order valence-electron chi connectivity index (χ4n) is 5.77. The van der Waals surface area contributed by atoms with Crippen LogP contribution in [-0.4, -0.2) is 40.2 Å². The zero-order valence-electron chi connectivity index (χ0n) is 24.5. The topological polar surface area (TPSA) is 90.5 Å². The third-order valence-corrected chi connectivity index (χ3v) is 8.53. The molecule has 226 valence electrons. The zero-order valence-corrected chi connectivity index (χ0v) is 25.3. The van der Waals surface area contributed by atoms with Gasteiger partial charge in [0.05, 0.1) is 12.1 Å². The second-order valence-electron chi connectivity index (χ2n) is 11.6. The summed E-state index contributed by atoms with van der Waals surface area (Å²) in [5, 5.41) is 18.0. The van der Waals surface area contributed by atoms with Gasteiger partial charge >= 0.3 is 0 Å². The van der Waals surface area contributed by atoms with Crippen molar-refractivity contribution in [2.75, 3.05) is 17.5 Å². The van der Waals surface area contributed by atoms with Crippen LogP contribution in [0.5, 0.6) is 0 Å². The highest BCUT2D eigenvalue weighted by atomic mass is 32.2. The molecular weight excluding hydrogens is 556 g/mol. The molecule has 0 aliphatic heterocycles. The Kier molecular flexibility index (Phi) is 10.9.